The first-order valence-electron chi connectivity index (χ1n) is 6.66. The van der Waals surface area contributed by atoms with E-state index in [1.54, 1.807) is 4.90 Å². The monoisotopic (exact) mass is 248 g/mol. The molecule has 0 spiro atoms. The average molecular weight is 248 g/mol. The molecular weight excluding hydrogens is 224 g/mol. The predicted molar refractivity (Wildman–Crippen MR) is 75.2 cm³/mol. The van der Waals surface area contributed by atoms with Gasteiger partial charge in [-0.15, -0.1) is 0 Å². The van der Waals surface area contributed by atoms with Gasteiger partial charge in [0.25, 0.3) is 0 Å². The normalized spacial score (nSPS) is 12.2. The summed E-state index contributed by atoms with van der Waals surface area (Å²) in [5.41, 5.74) is 8.30. The van der Waals surface area contributed by atoms with Crippen LogP contribution in [0.15, 0.2) is 24.3 Å². The molecule has 3 heteroatoms. The molecule has 18 heavy (non-hydrogen) atoms. The molecular formula is C15H24N2O. The van der Waals surface area contributed by atoms with Crippen molar-refractivity contribution in [2.24, 2.45) is 5.73 Å². The fourth-order valence-corrected chi connectivity index (χ4v) is 1.95. The van der Waals surface area contributed by atoms with E-state index in [0.717, 1.165) is 24.8 Å². The molecule has 0 saturated heterocycles. The molecule has 0 radical (unpaired) electrons. The lowest BCUT2D eigenvalue weighted by molar-refractivity contribution is -0.131. The van der Waals surface area contributed by atoms with Crippen molar-refractivity contribution in [3.05, 3.63) is 35.4 Å². The second-order valence-corrected chi connectivity index (χ2v) is 4.76. The van der Waals surface area contributed by atoms with Gasteiger partial charge in [-0.25, -0.2) is 0 Å². The van der Waals surface area contributed by atoms with Gasteiger partial charge in [0.15, 0.2) is 0 Å². The van der Waals surface area contributed by atoms with Crippen molar-refractivity contribution in [1.82, 2.24) is 4.90 Å². The number of carbonyl (C=O) groups is 1. The molecule has 0 unspecified atom stereocenters. The van der Waals surface area contributed by atoms with Crippen LogP contribution in [-0.2, 0) is 17.8 Å². The smallest absolute Gasteiger partial charge is 0.239 e. The summed E-state index contributed by atoms with van der Waals surface area (Å²) in [7, 11) is 1.81. The Morgan fingerprint density at radius 3 is 2.28 bits per heavy atom. The minimum absolute atomic E-state index is 0.0245. The van der Waals surface area contributed by atoms with Crippen LogP contribution in [0.3, 0.4) is 0 Å². The van der Waals surface area contributed by atoms with Crippen LogP contribution in [0, 0.1) is 0 Å². The van der Waals surface area contributed by atoms with Crippen molar-refractivity contribution in [1.29, 1.82) is 0 Å². The van der Waals surface area contributed by atoms with Gasteiger partial charge in [0, 0.05) is 13.6 Å². The maximum atomic E-state index is 12.0. The number of hydrogen-bond acceptors (Lipinski definition) is 2. The molecule has 1 amide bonds. The van der Waals surface area contributed by atoms with Crippen LogP contribution in [0.4, 0.5) is 0 Å². The first-order chi connectivity index (χ1) is 8.58. The molecule has 0 fully saturated rings. The van der Waals surface area contributed by atoms with Gasteiger partial charge in [-0.3, -0.25) is 4.79 Å². The quantitative estimate of drug-likeness (QED) is 0.840. The van der Waals surface area contributed by atoms with Gasteiger partial charge in [-0.05, 0) is 24.0 Å². The maximum absolute atomic E-state index is 12.0. The number of aryl methyl sites for hydroxylation is 1. The Balaban J connectivity index is 2.57. The highest BCUT2D eigenvalue weighted by atomic mass is 16.2. The molecule has 3 nitrogen and oxygen atoms in total. The number of amides is 1. The molecule has 0 bridgehead atoms. The molecule has 1 aromatic carbocycles. The van der Waals surface area contributed by atoms with Crippen molar-refractivity contribution < 1.29 is 4.79 Å². The van der Waals surface area contributed by atoms with Gasteiger partial charge in [0.05, 0.1) is 6.04 Å². The van der Waals surface area contributed by atoms with Crippen LogP contribution in [0.5, 0.6) is 0 Å². The van der Waals surface area contributed by atoms with Crippen LogP contribution >= 0.6 is 0 Å². The fourth-order valence-electron chi connectivity index (χ4n) is 1.95. The van der Waals surface area contributed by atoms with Crippen LogP contribution in [0.1, 0.15) is 37.8 Å². The fraction of sp³-hybridized carbons (Fsp3) is 0.533. The Hall–Kier alpha value is -1.35. The maximum Gasteiger partial charge on any atom is 0.239 e. The summed E-state index contributed by atoms with van der Waals surface area (Å²) in [4.78, 5) is 13.7. The molecule has 2 N–H and O–H groups in total. The first kappa shape index (κ1) is 14.7. The lowest BCUT2D eigenvalue weighted by Crippen LogP contribution is -2.41. The van der Waals surface area contributed by atoms with Crippen LogP contribution in [-0.4, -0.2) is 23.9 Å². The molecule has 0 aliphatic heterocycles. The molecule has 1 rings (SSSR count). The van der Waals surface area contributed by atoms with Crippen LogP contribution in [0.25, 0.3) is 0 Å². The van der Waals surface area contributed by atoms with E-state index in [2.05, 4.69) is 31.2 Å². The second-order valence-electron chi connectivity index (χ2n) is 4.76. The van der Waals surface area contributed by atoms with Crippen molar-refractivity contribution in [2.45, 2.75) is 45.7 Å². The summed E-state index contributed by atoms with van der Waals surface area (Å²) in [6.07, 6.45) is 2.72. The Kier molecular flexibility index (Phi) is 5.86. The van der Waals surface area contributed by atoms with Gasteiger partial charge >= 0.3 is 0 Å². The third-order valence-corrected chi connectivity index (χ3v) is 3.14. The van der Waals surface area contributed by atoms with E-state index in [-0.39, 0.29) is 11.9 Å². The van der Waals surface area contributed by atoms with Gasteiger partial charge in [0.1, 0.15) is 0 Å². The van der Waals surface area contributed by atoms with E-state index in [4.69, 9.17) is 5.73 Å². The molecule has 0 aliphatic rings. The molecule has 0 saturated carbocycles. The Bertz CT molecular complexity index is 373. The Morgan fingerprint density at radius 1 is 1.22 bits per heavy atom. The van der Waals surface area contributed by atoms with Crippen molar-refractivity contribution in [3.63, 3.8) is 0 Å². The highest BCUT2D eigenvalue weighted by Gasteiger charge is 2.16. The number of hydrogen-bond donors (Lipinski definition) is 1. The van der Waals surface area contributed by atoms with Gasteiger partial charge < -0.3 is 10.6 Å². The summed E-state index contributed by atoms with van der Waals surface area (Å²) in [5.74, 6) is 0.0245. The summed E-state index contributed by atoms with van der Waals surface area (Å²) >= 11 is 0. The molecule has 1 aromatic rings. The number of carbonyl (C=O) groups excluding carboxylic acids is 1. The van der Waals surface area contributed by atoms with Crippen molar-refractivity contribution in [3.8, 4) is 0 Å². The van der Waals surface area contributed by atoms with E-state index in [1.807, 2.05) is 14.0 Å². The molecule has 0 aromatic heterocycles. The summed E-state index contributed by atoms with van der Waals surface area (Å²) in [6.45, 7) is 4.80. The summed E-state index contributed by atoms with van der Waals surface area (Å²) in [5, 5.41) is 0. The van der Waals surface area contributed by atoms with E-state index >= 15 is 0 Å². The summed E-state index contributed by atoms with van der Waals surface area (Å²) < 4.78 is 0. The molecule has 1 atom stereocenters. The van der Waals surface area contributed by atoms with Crippen molar-refractivity contribution >= 4 is 5.91 Å². The van der Waals surface area contributed by atoms with Crippen molar-refractivity contribution in [2.75, 3.05) is 7.05 Å². The predicted octanol–water partition coefficient (Wildman–Crippen LogP) is 2.33. The first-order valence-corrected chi connectivity index (χ1v) is 6.66. The highest BCUT2D eigenvalue weighted by Crippen LogP contribution is 2.08. The number of benzene rings is 1. The average Bonchev–Trinajstić information content (AvgIpc) is 2.39. The standard InChI is InChI=1S/C15H24N2O/c1-4-6-14(16)15(18)17(3)11-13-9-7-12(5-2)8-10-13/h7-10,14H,4-6,11,16H2,1-3H3/t14-/m0/s1. The van der Waals surface area contributed by atoms with Gasteiger partial charge in [-0.2, -0.15) is 0 Å². The molecule has 100 valence electrons. The lowest BCUT2D eigenvalue weighted by Gasteiger charge is -2.21. The van der Waals surface area contributed by atoms with E-state index in [0.29, 0.717) is 6.54 Å². The summed E-state index contributed by atoms with van der Waals surface area (Å²) in [6, 6.07) is 8.01. The Morgan fingerprint density at radius 2 is 1.78 bits per heavy atom. The topological polar surface area (TPSA) is 46.3 Å². The van der Waals surface area contributed by atoms with E-state index < -0.39 is 0 Å². The minimum atomic E-state index is -0.366. The number of rotatable bonds is 6. The SMILES string of the molecule is CCC[C@H](N)C(=O)N(C)Cc1ccc(CC)cc1. The number of nitrogens with two attached hydrogens (primary N) is 1. The number of likely N-dealkylation sites (N-methyl/N-ethyl adjacent to an activating group) is 1. The third kappa shape index (κ3) is 4.15. The zero-order chi connectivity index (χ0) is 13.5. The van der Waals surface area contributed by atoms with Crippen LogP contribution < -0.4 is 5.73 Å². The highest BCUT2D eigenvalue weighted by molar-refractivity contribution is 5.81. The number of nitrogens with zero attached hydrogens (tertiary/aromatic N) is 1. The lowest BCUT2D eigenvalue weighted by atomic mass is 10.1. The largest absolute Gasteiger partial charge is 0.340 e. The third-order valence-electron chi connectivity index (χ3n) is 3.14. The van der Waals surface area contributed by atoms with Crippen LogP contribution in [0.2, 0.25) is 0 Å². The van der Waals surface area contributed by atoms with E-state index in [9.17, 15) is 4.79 Å². The van der Waals surface area contributed by atoms with E-state index in [1.165, 1.54) is 5.56 Å². The Labute approximate surface area is 110 Å². The van der Waals surface area contributed by atoms with Gasteiger partial charge in [0.2, 0.25) is 5.91 Å². The molecule has 0 heterocycles. The minimum Gasteiger partial charge on any atom is -0.340 e. The zero-order valence-electron chi connectivity index (χ0n) is 11.6. The van der Waals surface area contributed by atoms with Gasteiger partial charge in [-0.1, -0.05) is 44.5 Å². The second kappa shape index (κ2) is 7.17. The molecule has 0 aliphatic carbocycles. The zero-order valence-corrected chi connectivity index (χ0v) is 11.6.